The van der Waals surface area contributed by atoms with Crippen LogP contribution in [0.25, 0.3) is 0 Å². The number of ether oxygens (including phenoxy) is 3. The lowest BCUT2D eigenvalue weighted by molar-refractivity contribution is -0.130. The molecule has 44 heavy (non-hydrogen) atoms. The van der Waals surface area contributed by atoms with Crippen molar-refractivity contribution in [1.82, 2.24) is 25.8 Å². The molecule has 1 aliphatic rings. The van der Waals surface area contributed by atoms with Crippen molar-refractivity contribution < 1.29 is 33.4 Å². The smallest absolute Gasteiger partial charge is 0.270 e. The van der Waals surface area contributed by atoms with E-state index in [1.54, 1.807) is 54.7 Å². The van der Waals surface area contributed by atoms with Gasteiger partial charge in [-0.25, -0.2) is 0 Å². The number of nitrogens with zero attached hydrogens (tertiary/aromatic N) is 1. The summed E-state index contributed by atoms with van der Waals surface area (Å²) in [5.74, 6) is -0.170. The minimum atomic E-state index is -0.860. The highest BCUT2D eigenvalue weighted by atomic mass is 16.5. The van der Waals surface area contributed by atoms with E-state index in [1.807, 2.05) is 13.8 Å². The number of fused-ring (bicyclic) bond motifs is 3. The summed E-state index contributed by atoms with van der Waals surface area (Å²) < 4.78 is 17.3. The van der Waals surface area contributed by atoms with Gasteiger partial charge in [0, 0.05) is 24.8 Å². The second-order valence-corrected chi connectivity index (χ2v) is 10.7. The van der Waals surface area contributed by atoms with Crippen molar-refractivity contribution >= 4 is 23.6 Å². The van der Waals surface area contributed by atoms with Gasteiger partial charge in [-0.1, -0.05) is 19.9 Å². The zero-order valence-corrected chi connectivity index (χ0v) is 25.4. The van der Waals surface area contributed by atoms with Crippen molar-refractivity contribution in [1.29, 1.82) is 0 Å². The summed E-state index contributed by atoms with van der Waals surface area (Å²) in [4.78, 5) is 57.1. The van der Waals surface area contributed by atoms with Gasteiger partial charge < -0.3 is 40.0 Å². The van der Waals surface area contributed by atoms with Crippen LogP contribution in [0.15, 0.2) is 54.7 Å². The molecule has 4 amide bonds. The quantitative estimate of drug-likeness (QED) is 0.357. The molecule has 2 heterocycles. The first kappa shape index (κ1) is 31.9. The molecule has 0 spiro atoms. The Bertz CT molecular complexity index is 1470. The van der Waals surface area contributed by atoms with Gasteiger partial charge >= 0.3 is 0 Å². The van der Waals surface area contributed by atoms with E-state index in [4.69, 9.17) is 14.2 Å². The Balaban J connectivity index is 1.67. The first-order chi connectivity index (χ1) is 21.2. The number of benzene rings is 2. The predicted molar refractivity (Wildman–Crippen MR) is 163 cm³/mol. The van der Waals surface area contributed by atoms with Crippen molar-refractivity contribution in [3.63, 3.8) is 0 Å². The Labute approximate surface area is 256 Å². The van der Waals surface area contributed by atoms with Crippen LogP contribution >= 0.6 is 0 Å². The van der Waals surface area contributed by atoms with Crippen molar-refractivity contribution in [2.75, 3.05) is 33.9 Å². The fourth-order valence-corrected chi connectivity index (χ4v) is 4.85. The normalized spacial score (nSPS) is 17.0. The van der Waals surface area contributed by atoms with E-state index in [0.29, 0.717) is 59.2 Å². The first-order valence-corrected chi connectivity index (χ1v) is 14.5. The van der Waals surface area contributed by atoms with Gasteiger partial charge in [0.2, 0.25) is 11.8 Å². The molecule has 4 rings (SSSR count). The number of carbonyl (C=O) groups is 4. The second kappa shape index (κ2) is 14.9. The Hall–Kier alpha value is -5.00. The molecule has 0 saturated heterocycles. The van der Waals surface area contributed by atoms with Gasteiger partial charge in [-0.3, -0.25) is 19.2 Å². The molecule has 0 saturated carbocycles. The molecular weight excluding hydrogens is 566 g/mol. The van der Waals surface area contributed by atoms with Crippen LogP contribution in [0.2, 0.25) is 0 Å². The maximum absolute atomic E-state index is 13.4. The predicted octanol–water partition coefficient (Wildman–Crippen LogP) is 3.25. The van der Waals surface area contributed by atoms with Gasteiger partial charge in [-0.15, -0.1) is 0 Å². The topological polar surface area (TPSA) is 151 Å². The second-order valence-electron chi connectivity index (χ2n) is 10.7. The van der Waals surface area contributed by atoms with Crippen LogP contribution in [-0.2, 0) is 16.1 Å². The van der Waals surface area contributed by atoms with Gasteiger partial charge in [-0.05, 0) is 61.2 Å². The number of carbonyl (C=O) groups excluding carboxylic acids is 4. The number of aromatic nitrogens is 1. The van der Waals surface area contributed by atoms with E-state index in [2.05, 4.69) is 20.9 Å². The highest BCUT2D eigenvalue weighted by Gasteiger charge is 2.27. The molecule has 0 radical (unpaired) electrons. The third-order valence-electron chi connectivity index (χ3n) is 7.25. The van der Waals surface area contributed by atoms with E-state index < -0.39 is 17.9 Å². The summed E-state index contributed by atoms with van der Waals surface area (Å²) in [6, 6.07) is 12.6. The third-order valence-corrected chi connectivity index (χ3v) is 7.25. The van der Waals surface area contributed by atoms with Crippen LogP contribution in [0.3, 0.4) is 0 Å². The number of nitrogens with one attached hydrogen (secondary N) is 4. The van der Waals surface area contributed by atoms with Gasteiger partial charge in [0.05, 0.1) is 32.9 Å². The van der Waals surface area contributed by atoms with Gasteiger partial charge in [0.25, 0.3) is 11.8 Å². The lowest BCUT2D eigenvalue weighted by Crippen LogP contribution is -2.52. The Kier molecular flexibility index (Phi) is 10.8. The van der Waals surface area contributed by atoms with Crippen LogP contribution in [0.4, 0.5) is 0 Å². The van der Waals surface area contributed by atoms with Crippen LogP contribution in [-0.4, -0.2) is 73.4 Å². The van der Waals surface area contributed by atoms with Crippen LogP contribution < -0.4 is 30.2 Å². The summed E-state index contributed by atoms with van der Waals surface area (Å²) in [5.41, 5.74) is 1.27. The van der Waals surface area contributed by atoms with E-state index in [9.17, 15) is 19.2 Å². The van der Waals surface area contributed by atoms with Crippen molar-refractivity contribution in [3.8, 4) is 23.0 Å². The standard InChI is InChI=1S/C32H39N5O7/c1-20(2)29-31(40)35-18-22-24(42-3)10-7-11-25(22)44-27-17-21(12-13-26(27)43-4)30(39)34-14-5-6-16-37(19-28(38)36-29)32(41)23-9-8-15-33-23/h7-13,15,17,20,29,33H,5-6,14,16,18-19H2,1-4H3,(H,34,39)(H,35,40)(H,36,38)/t29-/m1/s1. The Morgan fingerprint density at radius 1 is 0.955 bits per heavy atom. The first-order valence-electron chi connectivity index (χ1n) is 14.5. The maximum atomic E-state index is 13.4. The summed E-state index contributed by atoms with van der Waals surface area (Å²) in [6.45, 7) is 4.08. The molecule has 0 fully saturated rings. The average molecular weight is 606 g/mol. The highest BCUT2D eigenvalue weighted by Crippen LogP contribution is 2.37. The van der Waals surface area contributed by atoms with Gasteiger partial charge in [0.15, 0.2) is 11.5 Å². The molecule has 234 valence electrons. The minimum Gasteiger partial charge on any atom is -0.496 e. The van der Waals surface area contributed by atoms with Crippen LogP contribution in [0.5, 0.6) is 23.0 Å². The number of H-pyrrole nitrogens is 1. The summed E-state index contributed by atoms with van der Waals surface area (Å²) in [5, 5.41) is 8.60. The number of hydrogen-bond acceptors (Lipinski definition) is 7. The zero-order chi connectivity index (χ0) is 31.6. The van der Waals surface area contributed by atoms with E-state index in [1.165, 1.54) is 19.1 Å². The molecule has 12 nitrogen and oxygen atoms in total. The molecule has 1 atom stereocenters. The fraction of sp³-hybridized carbons (Fsp3) is 0.375. The van der Waals surface area contributed by atoms with E-state index in [-0.39, 0.29) is 37.4 Å². The molecule has 1 aliphatic heterocycles. The molecule has 2 aromatic carbocycles. The molecular formula is C32H39N5O7. The van der Waals surface area contributed by atoms with E-state index in [0.717, 1.165) is 0 Å². The van der Waals surface area contributed by atoms with Crippen molar-refractivity contribution in [2.45, 2.75) is 39.3 Å². The number of hydrogen-bond donors (Lipinski definition) is 4. The monoisotopic (exact) mass is 605 g/mol. The number of aromatic amines is 1. The summed E-state index contributed by atoms with van der Waals surface area (Å²) >= 11 is 0. The molecule has 12 heteroatoms. The number of amides is 4. The fourth-order valence-electron chi connectivity index (χ4n) is 4.85. The summed E-state index contributed by atoms with van der Waals surface area (Å²) in [6.07, 6.45) is 2.73. The highest BCUT2D eigenvalue weighted by molar-refractivity contribution is 5.96. The minimum absolute atomic E-state index is 0.0250. The SMILES string of the molecule is COc1ccc2cc1Oc1cccc(OC)c1CNC(=O)[C@@H](C(C)C)NC(=O)CN(C(=O)c1ccc[nH]1)CCCCNC2=O. The Morgan fingerprint density at radius 3 is 2.45 bits per heavy atom. The van der Waals surface area contributed by atoms with Crippen LogP contribution in [0.1, 0.15) is 53.1 Å². The lowest BCUT2D eigenvalue weighted by Gasteiger charge is -2.26. The molecule has 1 aromatic heterocycles. The average Bonchev–Trinajstić information content (AvgIpc) is 3.56. The molecule has 3 aromatic rings. The molecule has 4 N–H and O–H groups in total. The summed E-state index contributed by atoms with van der Waals surface area (Å²) in [7, 11) is 3.01. The van der Waals surface area contributed by atoms with E-state index >= 15 is 0 Å². The maximum Gasteiger partial charge on any atom is 0.270 e. The van der Waals surface area contributed by atoms with Crippen LogP contribution in [0, 0.1) is 5.92 Å². The van der Waals surface area contributed by atoms with Gasteiger partial charge in [0.1, 0.15) is 23.2 Å². The Morgan fingerprint density at radius 2 is 1.75 bits per heavy atom. The zero-order valence-electron chi connectivity index (χ0n) is 25.4. The largest absolute Gasteiger partial charge is 0.496 e. The molecule has 2 bridgehead atoms. The molecule has 0 unspecified atom stereocenters. The van der Waals surface area contributed by atoms with Crippen molar-refractivity contribution in [3.05, 3.63) is 71.5 Å². The van der Waals surface area contributed by atoms with Gasteiger partial charge in [-0.2, -0.15) is 0 Å². The molecule has 0 aliphatic carbocycles. The third kappa shape index (κ3) is 7.88. The number of rotatable bonds is 4. The van der Waals surface area contributed by atoms with Crippen molar-refractivity contribution in [2.24, 2.45) is 5.92 Å². The lowest BCUT2D eigenvalue weighted by atomic mass is 10.0. The number of methoxy groups -OCH3 is 2.